The molecule has 2 aromatic heterocycles. The van der Waals surface area contributed by atoms with Crippen molar-refractivity contribution in [3.05, 3.63) is 48.0 Å². The van der Waals surface area contributed by atoms with Crippen LogP contribution in [0.1, 0.15) is 28.9 Å². The van der Waals surface area contributed by atoms with Crippen molar-refractivity contribution >= 4 is 5.91 Å². The summed E-state index contributed by atoms with van der Waals surface area (Å²) in [5.74, 6) is 0.953. The van der Waals surface area contributed by atoms with Gasteiger partial charge in [0.1, 0.15) is 0 Å². The minimum absolute atomic E-state index is 0.0657. The Hall–Kier alpha value is -2.25. The molecule has 4 heterocycles. The topological polar surface area (TPSA) is 72.3 Å². The Morgan fingerprint density at radius 1 is 1.19 bits per heavy atom. The molecular formula is C20H27N5O2. The average molecular weight is 369 g/mol. The fraction of sp³-hybridized carbons (Fsp3) is 0.550. The number of rotatable bonds is 5. The molecule has 2 aliphatic heterocycles. The lowest BCUT2D eigenvalue weighted by atomic mass is 9.99. The van der Waals surface area contributed by atoms with Gasteiger partial charge in [0, 0.05) is 70.4 Å². The van der Waals surface area contributed by atoms with Crippen molar-refractivity contribution in [3.63, 3.8) is 0 Å². The van der Waals surface area contributed by atoms with E-state index in [9.17, 15) is 4.79 Å². The molecule has 7 heteroatoms. The van der Waals surface area contributed by atoms with Crippen LogP contribution in [0.4, 0.5) is 0 Å². The summed E-state index contributed by atoms with van der Waals surface area (Å²) in [4.78, 5) is 18.9. The summed E-state index contributed by atoms with van der Waals surface area (Å²) >= 11 is 0. The number of carbonyl (C=O) groups excluding carboxylic acids is 1. The third-order valence-corrected chi connectivity index (χ3v) is 5.47. The monoisotopic (exact) mass is 369 g/mol. The number of pyridine rings is 1. The number of hydrogen-bond acceptors (Lipinski definition) is 5. The normalized spacial score (nSPS) is 21.4. The van der Waals surface area contributed by atoms with Gasteiger partial charge in [-0.2, -0.15) is 5.10 Å². The van der Waals surface area contributed by atoms with Gasteiger partial charge in [-0.05, 0) is 37.0 Å². The summed E-state index contributed by atoms with van der Waals surface area (Å²) in [6.07, 6.45) is 7.43. The Morgan fingerprint density at radius 2 is 2.07 bits per heavy atom. The van der Waals surface area contributed by atoms with E-state index in [1.165, 1.54) is 5.69 Å². The molecule has 1 fully saturated rings. The van der Waals surface area contributed by atoms with Crippen molar-refractivity contribution in [1.29, 1.82) is 0 Å². The van der Waals surface area contributed by atoms with Crippen molar-refractivity contribution in [2.45, 2.75) is 25.9 Å². The quantitative estimate of drug-likeness (QED) is 0.866. The first-order valence-corrected chi connectivity index (χ1v) is 9.77. The summed E-state index contributed by atoms with van der Waals surface area (Å²) in [6, 6.07) is 5.68. The lowest BCUT2D eigenvalue weighted by molar-refractivity contribution is 0.0494. The van der Waals surface area contributed by atoms with Crippen molar-refractivity contribution in [2.75, 3.05) is 32.8 Å². The van der Waals surface area contributed by atoms with E-state index in [0.29, 0.717) is 23.9 Å². The summed E-state index contributed by atoms with van der Waals surface area (Å²) in [5, 5.41) is 7.56. The van der Waals surface area contributed by atoms with Crippen LogP contribution in [0.2, 0.25) is 0 Å². The van der Waals surface area contributed by atoms with E-state index in [-0.39, 0.29) is 5.91 Å². The van der Waals surface area contributed by atoms with Crippen LogP contribution < -0.4 is 5.32 Å². The molecule has 2 aliphatic rings. The fourth-order valence-corrected chi connectivity index (χ4v) is 4.02. The maximum Gasteiger partial charge on any atom is 0.252 e. The highest BCUT2D eigenvalue weighted by atomic mass is 16.5. The highest BCUT2D eigenvalue weighted by Gasteiger charge is 2.25. The number of amides is 1. The van der Waals surface area contributed by atoms with Gasteiger partial charge in [0.2, 0.25) is 0 Å². The van der Waals surface area contributed by atoms with E-state index in [1.54, 1.807) is 24.5 Å². The first kappa shape index (κ1) is 18.1. The molecule has 0 radical (unpaired) electrons. The minimum atomic E-state index is -0.0657. The molecule has 144 valence electrons. The molecule has 1 unspecified atom stereocenters. The zero-order valence-electron chi connectivity index (χ0n) is 15.6. The Balaban J connectivity index is 1.39. The second kappa shape index (κ2) is 8.63. The van der Waals surface area contributed by atoms with Crippen LogP contribution in [0, 0.1) is 11.8 Å². The second-order valence-corrected chi connectivity index (χ2v) is 7.57. The van der Waals surface area contributed by atoms with Gasteiger partial charge in [-0.3, -0.25) is 19.4 Å². The van der Waals surface area contributed by atoms with E-state index >= 15 is 0 Å². The number of fused-ring (bicyclic) bond motifs is 1. The molecule has 0 aromatic carbocycles. The SMILES string of the molecule is O=C(NCC1CN(CC2CCOCC2)Cc2ccnn2C1)c1cccnc1. The molecule has 1 atom stereocenters. The molecule has 0 aliphatic carbocycles. The Morgan fingerprint density at radius 3 is 2.89 bits per heavy atom. The Bertz CT molecular complexity index is 742. The maximum absolute atomic E-state index is 12.4. The van der Waals surface area contributed by atoms with E-state index in [1.807, 2.05) is 6.20 Å². The van der Waals surface area contributed by atoms with Crippen LogP contribution in [0.15, 0.2) is 36.8 Å². The van der Waals surface area contributed by atoms with Crippen molar-refractivity contribution in [1.82, 2.24) is 25.0 Å². The van der Waals surface area contributed by atoms with Crippen molar-refractivity contribution in [3.8, 4) is 0 Å². The Labute approximate surface area is 159 Å². The second-order valence-electron chi connectivity index (χ2n) is 7.57. The first-order valence-electron chi connectivity index (χ1n) is 9.77. The lowest BCUT2D eigenvalue weighted by Crippen LogP contribution is -2.39. The Kier molecular flexibility index (Phi) is 5.79. The molecule has 7 nitrogen and oxygen atoms in total. The largest absolute Gasteiger partial charge is 0.381 e. The van der Waals surface area contributed by atoms with Crippen LogP contribution in [0.25, 0.3) is 0 Å². The van der Waals surface area contributed by atoms with Gasteiger partial charge in [0.15, 0.2) is 0 Å². The molecule has 1 saturated heterocycles. The van der Waals surface area contributed by atoms with Crippen LogP contribution in [0.5, 0.6) is 0 Å². The smallest absolute Gasteiger partial charge is 0.252 e. The van der Waals surface area contributed by atoms with E-state index < -0.39 is 0 Å². The third-order valence-electron chi connectivity index (χ3n) is 5.47. The molecule has 0 saturated carbocycles. The van der Waals surface area contributed by atoms with Crippen molar-refractivity contribution < 1.29 is 9.53 Å². The van der Waals surface area contributed by atoms with Crippen LogP contribution in [-0.4, -0.2) is 58.4 Å². The van der Waals surface area contributed by atoms with E-state index in [2.05, 4.69) is 31.0 Å². The number of ether oxygens (including phenoxy) is 1. The molecule has 1 N–H and O–H groups in total. The van der Waals surface area contributed by atoms with Gasteiger partial charge in [-0.15, -0.1) is 0 Å². The molecule has 27 heavy (non-hydrogen) atoms. The van der Waals surface area contributed by atoms with Gasteiger partial charge in [-0.25, -0.2) is 0 Å². The van der Waals surface area contributed by atoms with Gasteiger partial charge in [0.25, 0.3) is 5.91 Å². The zero-order chi connectivity index (χ0) is 18.5. The molecule has 4 rings (SSSR count). The molecule has 1 amide bonds. The van der Waals surface area contributed by atoms with Crippen molar-refractivity contribution in [2.24, 2.45) is 11.8 Å². The standard InChI is InChI=1S/C20H27N5O2/c26-20(18-2-1-6-21-11-18)22-10-17-13-24(12-16-4-8-27-9-5-16)15-19-3-7-23-25(19)14-17/h1-3,6-7,11,16-17H,4-5,8-10,12-15H2,(H,22,26). The average Bonchev–Trinajstić information content (AvgIpc) is 3.06. The predicted octanol–water partition coefficient (Wildman–Crippen LogP) is 1.57. The third kappa shape index (κ3) is 4.73. The van der Waals surface area contributed by atoms with Gasteiger partial charge in [0.05, 0.1) is 11.3 Å². The number of nitrogens with one attached hydrogen (secondary N) is 1. The van der Waals surface area contributed by atoms with Gasteiger partial charge >= 0.3 is 0 Å². The molecule has 2 aromatic rings. The maximum atomic E-state index is 12.4. The van der Waals surface area contributed by atoms with Crippen LogP contribution in [-0.2, 0) is 17.8 Å². The molecular weight excluding hydrogens is 342 g/mol. The number of nitrogens with zero attached hydrogens (tertiary/aromatic N) is 4. The van der Waals surface area contributed by atoms with E-state index in [4.69, 9.17) is 4.74 Å². The molecule has 0 spiro atoms. The first-order chi connectivity index (χ1) is 13.3. The number of carbonyl (C=O) groups is 1. The van der Waals surface area contributed by atoms with Crippen LogP contribution >= 0.6 is 0 Å². The van der Waals surface area contributed by atoms with E-state index in [0.717, 1.165) is 52.2 Å². The molecule has 0 bridgehead atoms. The summed E-state index contributed by atoms with van der Waals surface area (Å²) in [6.45, 7) is 6.19. The van der Waals surface area contributed by atoms with Gasteiger partial charge in [-0.1, -0.05) is 0 Å². The highest BCUT2D eigenvalue weighted by molar-refractivity contribution is 5.93. The van der Waals surface area contributed by atoms with Gasteiger partial charge < -0.3 is 10.1 Å². The fourth-order valence-electron chi connectivity index (χ4n) is 4.02. The lowest BCUT2D eigenvalue weighted by Gasteiger charge is -2.30. The zero-order valence-corrected chi connectivity index (χ0v) is 15.6. The summed E-state index contributed by atoms with van der Waals surface area (Å²) < 4.78 is 7.59. The van der Waals surface area contributed by atoms with Crippen LogP contribution in [0.3, 0.4) is 0 Å². The minimum Gasteiger partial charge on any atom is -0.381 e. The predicted molar refractivity (Wildman–Crippen MR) is 101 cm³/mol. The summed E-state index contributed by atoms with van der Waals surface area (Å²) in [5.41, 5.74) is 1.85. The highest BCUT2D eigenvalue weighted by Crippen LogP contribution is 2.21. The number of aromatic nitrogens is 3. The summed E-state index contributed by atoms with van der Waals surface area (Å²) in [7, 11) is 0. The number of hydrogen-bond donors (Lipinski definition) is 1.